The second-order valence-electron chi connectivity index (χ2n) is 7.65. The molecule has 1 amide bonds. The second-order valence-corrected chi connectivity index (χ2v) is 7.65. The number of aryl methyl sites for hydroxylation is 1. The van der Waals surface area contributed by atoms with Gasteiger partial charge in [0.2, 0.25) is 0 Å². The SMILES string of the molecule is Cn1c(=O)c2ccc(C(=O)NC[C@H](c3ccccc3)N3CCCC3)nc2n(C)c1=O. The first-order valence-electron chi connectivity index (χ1n) is 10.1. The summed E-state index contributed by atoms with van der Waals surface area (Å²) in [5, 5.41) is 3.29. The zero-order chi connectivity index (χ0) is 21.3. The highest BCUT2D eigenvalue weighted by atomic mass is 16.2. The molecule has 1 saturated heterocycles. The van der Waals surface area contributed by atoms with Crippen molar-refractivity contribution < 1.29 is 4.79 Å². The van der Waals surface area contributed by atoms with Gasteiger partial charge in [-0.3, -0.25) is 23.6 Å². The predicted octanol–water partition coefficient (Wildman–Crippen LogP) is 1.20. The fourth-order valence-electron chi connectivity index (χ4n) is 4.05. The van der Waals surface area contributed by atoms with Gasteiger partial charge in [0.25, 0.3) is 11.5 Å². The Morgan fingerprint density at radius 1 is 1.03 bits per heavy atom. The van der Waals surface area contributed by atoms with Gasteiger partial charge < -0.3 is 5.32 Å². The Hall–Kier alpha value is -3.26. The van der Waals surface area contributed by atoms with Crippen molar-refractivity contribution in [2.75, 3.05) is 19.6 Å². The zero-order valence-electron chi connectivity index (χ0n) is 17.2. The lowest BCUT2D eigenvalue weighted by molar-refractivity contribution is 0.0933. The fraction of sp³-hybridized carbons (Fsp3) is 0.364. The third-order valence-corrected chi connectivity index (χ3v) is 5.76. The van der Waals surface area contributed by atoms with Crippen LogP contribution < -0.4 is 16.6 Å². The topological polar surface area (TPSA) is 89.2 Å². The molecule has 1 aromatic carbocycles. The lowest BCUT2D eigenvalue weighted by Gasteiger charge is -2.28. The Morgan fingerprint density at radius 3 is 2.43 bits per heavy atom. The molecule has 0 spiro atoms. The van der Waals surface area contributed by atoms with Crippen molar-refractivity contribution in [3.63, 3.8) is 0 Å². The van der Waals surface area contributed by atoms with Gasteiger partial charge in [0.05, 0.1) is 11.4 Å². The van der Waals surface area contributed by atoms with Crippen molar-refractivity contribution in [2.45, 2.75) is 18.9 Å². The van der Waals surface area contributed by atoms with E-state index in [1.54, 1.807) is 6.07 Å². The largest absolute Gasteiger partial charge is 0.349 e. The molecule has 0 radical (unpaired) electrons. The molecule has 0 saturated carbocycles. The van der Waals surface area contributed by atoms with Gasteiger partial charge in [-0.05, 0) is 43.6 Å². The molecule has 8 heteroatoms. The van der Waals surface area contributed by atoms with Crippen LogP contribution in [0, 0.1) is 0 Å². The van der Waals surface area contributed by atoms with E-state index >= 15 is 0 Å². The molecule has 1 aliphatic heterocycles. The molecule has 3 aromatic rings. The number of aromatic nitrogens is 3. The number of rotatable bonds is 5. The van der Waals surface area contributed by atoms with Gasteiger partial charge >= 0.3 is 5.69 Å². The van der Waals surface area contributed by atoms with Gasteiger partial charge in [-0.2, -0.15) is 0 Å². The highest BCUT2D eigenvalue weighted by Gasteiger charge is 2.24. The molecule has 3 heterocycles. The van der Waals surface area contributed by atoms with Crippen molar-refractivity contribution in [2.24, 2.45) is 14.1 Å². The zero-order valence-corrected chi connectivity index (χ0v) is 17.2. The van der Waals surface area contributed by atoms with Crippen LogP contribution in [0.2, 0.25) is 0 Å². The summed E-state index contributed by atoms with van der Waals surface area (Å²) in [4.78, 5) is 44.0. The molecule has 1 atom stereocenters. The van der Waals surface area contributed by atoms with Gasteiger partial charge in [0.15, 0.2) is 0 Å². The molecule has 4 rings (SSSR count). The quantitative estimate of drug-likeness (QED) is 0.687. The molecule has 0 bridgehead atoms. The molecule has 0 unspecified atom stereocenters. The van der Waals surface area contributed by atoms with E-state index in [1.807, 2.05) is 18.2 Å². The van der Waals surface area contributed by atoms with Crippen LogP contribution in [0.5, 0.6) is 0 Å². The number of likely N-dealkylation sites (tertiary alicyclic amines) is 1. The highest BCUT2D eigenvalue weighted by Crippen LogP contribution is 2.24. The Bertz CT molecular complexity index is 1190. The number of hydrogen-bond acceptors (Lipinski definition) is 5. The molecule has 1 fully saturated rings. The molecule has 1 N–H and O–H groups in total. The lowest BCUT2D eigenvalue weighted by atomic mass is 10.1. The first-order valence-corrected chi connectivity index (χ1v) is 10.1. The number of nitrogens with zero attached hydrogens (tertiary/aromatic N) is 4. The third kappa shape index (κ3) is 3.66. The molecular formula is C22H25N5O3. The molecular weight excluding hydrogens is 382 g/mol. The van der Waals surface area contributed by atoms with Crippen LogP contribution >= 0.6 is 0 Å². The maximum absolute atomic E-state index is 12.8. The van der Waals surface area contributed by atoms with Crippen LogP contribution in [0.15, 0.2) is 52.1 Å². The number of amides is 1. The van der Waals surface area contributed by atoms with E-state index in [9.17, 15) is 14.4 Å². The predicted molar refractivity (Wildman–Crippen MR) is 115 cm³/mol. The number of nitrogens with one attached hydrogen (secondary N) is 1. The molecule has 0 aliphatic carbocycles. The summed E-state index contributed by atoms with van der Waals surface area (Å²) >= 11 is 0. The van der Waals surface area contributed by atoms with E-state index in [4.69, 9.17) is 0 Å². The van der Waals surface area contributed by atoms with E-state index in [0.29, 0.717) is 11.9 Å². The summed E-state index contributed by atoms with van der Waals surface area (Å²) < 4.78 is 2.31. The molecule has 156 valence electrons. The van der Waals surface area contributed by atoms with Crippen molar-refractivity contribution in [1.29, 1.82) is 0 Å². The van der Waals surface area contributed by atoms with E-state index in [0.717, 1.165) is 36.1 Å². The van der Waals surface area contributed by atoms with Crippen molar-refractivity contribution in [1.82, 2.24) is 24.3 Å². The molecule has 30 heavy (non-hydrogen) atoms. The summed E-state index contributed by atoms with van der Waals surface area (Å²) in [5.74, 6) is -0.329. The summed E-state index contributed by atoms with van der Waals surface area (Å²) in [6.07, 6.45) is 2.32. The van der Waals surface area contributed by atoms with Crippen LogP contribution in [-0.4, -0.2) is 44.6 Å². The third-order valence-electron chi connectivity index (χ3n) is 5.76. The van der Waals surface area contributed by atoms with Gasteiger partial charge in [-0.1, -0.05) is 30.3 Å². The van der Waals surface area contributed by atoms with Crippen molar-refractivity contribution in [3.8, 4) is 0 Å². The fourth-order valence-corrected chi connectivity index (χ4v) is 4.05. The van der Waals surface area contributed by atoms with Crippen LogP contribution in [0.4, 0.5) is 0 Å². The number of fused-ring (bicyclic) bond motifs is 1. The monoisotopic (exact) mass is 407 g/mol. The van der Waals surface area contributed by atoms with Crippen molar-refractivity contribution in [3.05, 3.63) is 74.6 Å². The van der Waals surface area contributed by atoms with E-state index < -0.39 is 11.2 Å². The smallest absolute Gasteiger partial charge is 0.332 e. The summed E-state index contributed by atoms with van der Waals surface area (Å²) in [6, 6.07) is 13.3. The molecule has 2 aromatic heterocycles. The molecule has 8 nitrogen and oxygen atoms in total. The maximum atomic E-state index is 12.8. The second kappa shape index (κ2) is 8.23. The van der Waals surface area contributed by atoms with Crippen molar-refractivity contribution >= 4 is 16.9 Å². The summed E-state index contributed by atoms with van der Waals surface area (Å²) in [5.41, 5.74) is 0.646. The first-order chi connectivity index (χ1) is 14.5. The normalized spacial score (nSPS) is 15.4. The number of hydrogen-bond donors (Lipinski definition) is 1. The summed E-state index contributed by atoms with van der Waals surface area (Å²) in [6.45, 7) is 2.47. The van der Waals surface area contributed by atoms with Crippen LogP contribution in [0.25, 0.3) is 11.0 Å². The first kappa shape index (κ1) is 20.0. The Labute approximate surface area is 173 Å². The van der Waals surface area contributed by atoms with Crippen LogP contribution in [0.1, 0.15) is 34.9 Å². The average Bonchev–Trinajstić information content (AvgIpc) is 3.31. The summed E-state index contributed by atoms with van der Waals surface area (Å²) in [7, 11) is 2.96. The van der Waals surface area contributed by atoms with Gasteiger partial charge in [-0.25, -0.2) is 9.78 Å². The number of pyridine rings is 1. The van der Waals surface area contributed by atoms with Gasteiger partial charge in [0, 0.05) is 20.6 Å². The minimum Gasteiger partial charge on any atom is -0.349 e. The lowest BCUT2D eigenvalue weighted by Crippen LogP contribution is -2.38. The van der Waals surface area contributed by atoms with E-state index in [1.165, 1.54) is 24.7 Å². The maximum Gasteiger partial charge on any atom is 0.332 e. The van der Waals surface area contributed by atoms with Gasteiger partial charge in [0.1, 0.15) is 11.3 Å². The Morgan fingerprint density at radius 2 is 1.73 bits per heavy atom. The highest BCUT2D eigenvalue weighted by molar-refractivity contribution is 5.94. The number of carbonyl (C=O) groups is 1. The van der Waals surface area contributed by atoms with Gasteiger partial charge in [-0.15, -0.1) is 0 Å². The minimum absolute atomic E-state index is 0.0924. The van der Waals surface area contributed by atoms with E-state index in [-0.39, 0.29) is 23.3 Å². The average molecular weight is 407 g/mol. The van der Waals surface area contributed by atoms with Crippen LogP contribution in [0.3, 0.4) is 0 Å². The standard InChI is InChI=1S/C22H25N5O3/c1-25-19-16(21(29)26(2)22(25)30)10-11-17(24-19)20(28)23-14-18(27-12-6-7-13-27)15-8-4-3-5-9-15/h3-5,8-11,18H,6-7,12-14H2,1-2H3,(H,23,28)/t18-/m1/s1. The Kier molecular flexibility index (Phi) is 5.50. The van der Waals surface area contributed by atoms with E-state index in [2.05, 4.69) is 27.3 Å². The number of benzene rings is 1. The number of carbonyl (C=O) groups excluding carboxylic acids is 1. The van der Waals surface area contributed by atoms with Crippen LogP contribution in [-0.2, 0) is 14.1 Å². The Balaban J connectivity index is 1.59. The minimum atomic E-state index is -0.476. The molecule has 1 aliphatic rings.